The third-order valence-corrected chi connectivity index (χ3v) is 2.75. The maximum absolute atomic E-state index is 5.64. The minimum atomic E-state index is 0.559. The molecule has 2 N–H and O–H groups in total. The van der Waals surface area contributed by atoms with Crippen LogP contribution in [0.1, 0.15) is 19.4 Å². The van der Waals surface area contributed by atoms with E-state index in [1.807, 2.05) is 24.3 Å². The maximum Gasteiger partial charge on any atom is 0.119 e. The third-order valence-electron chi connectivity index (χ3n) is 2.75. The Morgan fingerprint density at radius 3 is 2.38 bits per heavy atom. The van der Waals surface area contributed by atoms with Crippen LogP contribution in [-0.2, 0) is 6.54 Å². The van der Waals surface area contributed by atoms with E-state index in [1.54, 1.807) is 0 Å². The summed E-state index contributed by atoms with van der Waals surface area (Å²) in [4.78, 5) is 2.26. The Morgan fingerprint density at radius 2 is 1.88 bits per heavy atom. The summed E-state index contributed by atoms with van der Waals surface area (Å²) in [5.74, 6) is 0.911. The predicted molar refractivity (Wildman–Crippen MR) is 67.6 cm³/mol. The Labute approximate surface area is 98.2 Å². The number of ether oxygens (including phenoxy) is 1. The van der Waals surface area contributed by atoms with Crippen LogP contribution in [-0.4, -0.2) is 31.1 Å². The average molecular weight is 222 g/mol. The lowest BCUT2D eigenvalue weighted by Gasteiger charge is -2.20. The van der Waals surface area contributed by atoms with Gasteiger partial charge in [0.2, 0.25) is 0 Å². The van der Waals surface area contributed by atoms with Crippen LogP contribution in [0.2, 0.25) is 0 Å². The van der Waals surface area contributed by atoms with E-state index >= 15 is 0 Å². The number of nitrogens with zero attached hydrogens (tertiary/aromatic N) is 1. The molecule has 0 aliphatic heterocycles. The zero-order chi connectivity index (χ0) is 12.0. The number of hydrogen-bond acceptors (Lipinski definition) is 3. The molecular formula is C13H22N2O. The third kappa shape index (κ3) is 4.21. The van der Waals surface area contributed by atoms with E-state index in [0.29, 0.717) is 12.6 Å². The van der Waals surface area contributed by atoms with Gasteiger partial charge < -0.3 is 15.4 Å². The van der Waals surface area contributed by atoms with E-state index < -0.39 is 0 Å². The molecule has 0 bridgehead atoms. The van der Waals surface area contributed by atoms with Gasteiger partial charge in [0.15, 0.2) is 0 Å². The van der Waals surface area contributed by atoms with Crippen LogP contribution in [0.4, 0.5) is 0 Å². The topological polar surface area (TPSA) is 38.5 Å². The summed E-state index contributed by atoms with van der Waals surface area (Å²) in [5, 5.41) is 0. The molecule has 1 aromatic carbocycles. The predicted octanol–water partition coefficient (Wildman–Crippen LogP) is 1.86. The summed E-state index contributed by atoms with van der Waals surface area (Å²) in [6, 6.07) is 8.50. The first kappa shape index (κ1) is 13.0. The number of nitrogens with two attached hydrogens (primary N) is 1. The SMILES string of the molecule is CC(C)N(C)CCOc1ccc(CN)cc1. The minimum absolute atomic E-state index is 0.559. The Balaban J connectivity index is 2.31. The van der Waals surface area contributed by atoms with Gasteiger partial charge in [0.25, 0.3) is 0 Å². The van der Waals surface area contributed by atoms with Gasteiger partial charge in [0, 0.05) is 19.1 Å². The van der Waals surface area contributed by atoms with Gasteiger partial charge in [0.1, 0.15) is 12.4 Å². The molecule has 0 radical (unpaired) electrons. The molecule has 0 saturated carbocycles. The second-order valence-electron chi connectivity index (χ2n) is 4.27. The molecule has 1 aromatic rings. The highest BCUT2D eigenvalue weighted by molar-refractivity contribution is 5.27. The van der Waals surface area contributed by atoms with Crippen molar-refractivity contribution in [2.45, 2.75) is 26.4 Å². The number of rotatable bonds is 6. The minimum Gasteiger partial charge on any atom is -0.492 e. The van der Waals surface area contributed by atoms with Gasteiger partial charge in [-0.3, -0.25) is 0 Å². The zero-order valence-corrected chi connectivity index (χ0v) is 10.4. The molecule has 0 fully saturated rings. The Bertz CT molecular complexity index is 295. The molecule has 90 valence electrons. The summed E-state index contributed by atoms with van der Waals surface area (Å²) < 4.78 is 5.64. The van der Waals surface area contributed by atoms with Crippen molar-refractivity contribution >= 4 is 0 Å². The number of hydrogen-bond donors (Lipinski definition) is 1. The molecule has 0 aliphatic carbocycles. The van der Waals surface area contributed by atoms with Crippen LogP contribution in [0.3, 0.4) is 0 Å². The lowest BCUT2D eigenvalue weighted by atomic mass is 10.2. The molecule has 0 aromatic heterocycles. The van der Waals surface area contributed by atoms with Crippen molar-refractivity contribution in [3.8, 4) is 5.75 Å². The van der Waals surface area contributed by atoms with Crippen LogP contribution in [0, 0.1) is 0 Å². The van der Waals surface area contributed by atoms with E-state index in [4.69, 9.17) is 10.5 Å². The van der Waals surface area contributed by atoms with Crippen molar-refractivity contribution in [3.63, 3.8) is 0 Å². The molecule has 0 amide bonds. The summed E-state index contributed by atoms with van der Waals surface area (Å²) in [7, 11) is 2.10. The molecule has 0 atom stereocenters. The fraction of sp³-hybridized carbons (Fsp3) is 0.538. The maximum atomic E-state index is 5.64. The van der Waals surface area contributed by atoms with Gasteiger partial charge >= 0.3 is 0 Å². The second kappa shape index (κ2) is 6.51. The first-order valence-corrected chi connectivity index (χ1v) is 5.75. The van der Waals surface area contributed by atoms with Crippen molar-refractivity contribution in [1.82, 2.24) is 4.90 Å². The van der Waals surface area contributed by atoms with Gasteiger partial charge in [-0.25, -0.2) is 0 Å². The molecule has 0 saturated heterocycles. The first-order valence-electron chi connectivity index (χ1n) is 5.75. The Hall–Kier alpha value is -1.06. The quantitative estimate of drug-likeness (QED) is 0.798. The molecule has 0 aliphatic rings. The first-order chi connectivity index (χ1) is 7.63. The van der Waals surface area contributed by atoms with Gasteiger partial charge in [-0.15, -0.1) is 0 Å². The van der Waals surface area contributed by atoms with E-state index in [2.05, 4.69) is 25.8 Å². The number of benzene rings is 1. The van der Waals surface area contributed by atoms with E-state index in [9.17, 15) is 0 Å². The summed E-state index contributed by atoms with van der Waals surface area (Å²) >= 11 is 0. The van der Waals surface area contributed by atoms with Crippen molar-refractivity contribution in [3.05, 3.63) is 29.8 Å². The van der Waals surface area contributed by atoms with E-state index in [0.717, 1.165) is 24.5 Å². The van der Waals surface area contributed by atoms with E-state index in [-0.39, 0.29) is 0 Å². The average Bonchev–Trinajstić information content (AvgIpc) is 2.29. The molecule has 1 rings (SSSR count). The Morgan fingerprint density at radius 1 is 1.25 bits per heavy atom. The van der Waals surface area contributed by atoms with Gasteiger partial charge in [-0.05, 0) is 38.6 Å². The molecule has 16 heavy (non-hydrogen) atoms. The second-order valence-corrected chi connectivity index (χ2v) is 4.27. The zero-order valence-electron chi connectivity index (χ0n) is 10.4. The van der Waals surface area contributed by atoms with Crippen molar-refractivity contribution in [2.24, 2.45) is 5.73 Å². The lowest BCUT2D eigenvalue weighted by molar-refractivity contribution is 0.208. The van der Waals surface area contributed by atoms with Crippen LogP contribution >= 0.6 is 0 Å². The normalized spacial score (nSPS) is 11.1. The molecule has 0 unspecified atom stereocenters. The molecule has 3 nitrogen and oxygen atoms in total. The molecule has 0 spiro atoms. The summed E-state index contributed by atoms with van der Waals surface area (Å²) in [6.07, 6.45) is 0. The van der Waals surface area contributed by atoms with Crippen LogP contribution in [0.5, 0.6) is 5.75 Å². The highest BCUT2D eigenvalue weighted by Gasteiger charge is 2.02. The molecule has 0 heterocycles. The van der Waals surface area contributed by atoms with Crippen LogP contribution < -0.4 is 10.5 Å². The van der Waals surface area contributed by atoms with Crippen molar-refractivity contribution < 1.29 is 4.74 Å². The highest BCUT2D eigenvalue weighted by Crippen LogP contribution is 2.11. The molecule has 3 heteroatoms. The van der Waals surface area contributed by atoms with Gasteiger partial charge in [-0.1, -0.05) is 12.1 Å². The summed E-state index contributed by atoms with van der Waals surface area (Å²) in [5.41, 5.74) is 6.66. The van der Waals surface area contributed by atoms with Crippen LogP contribution in [0.25, 0.3) is 0 Å². The highest BCUT2D eigenvalue weighted by atomic mass is 16.5. The fourth-order valence-corrected chi connectivity index (χ4v) is 1.29. The van der Waals surface area contributed by atoms with Crippen molar-refractivity contribution in [2.75, 3.05) is 20.2 Å². The standard InChI is InChI=1S/C13H22N2O/c1-11(2)15(3)8-9-16-13-6-4-12(10-14)5-7-13/h4-7,11H,8-10,14H2,1-3H3. The summed E-state index contributed by atoms with van der Waals surface area (Å²) in [6.45, 7) is 6.59. The largest absolute Gasteiger partial charge is 0.492 e. The van der Waals surface area contributed by atoms with E-state index in [1.165, 1.54) is 0 Å². The molecular weight excluding hydrogens is 200 g/mol. The van der Waals surface area contributed by atoms with Crippen molar-refractivity contribution in [1.29, 1.82) is 0 Å². The van der Waals surface area contributed by atoms with Gasteiger partial charge in [0.05, 0.1) is 0 Å². The van der Waals surface area contributed by atoms with Gasteiger partial charge in [-0.2, -0.15) is 0 Å². The number of likely N-dealkylation sites (N-methyl/N-ethyl adjacent to an activating group) is 1. The lowest BCUT2D eigenvalue weighted by Crippen LogP contribution is -2.30. The fourth-order valence-electron chi connectivity index (χ4n) is 1.29. The smallest absolute Gasteiger partial charge is 0.119 e. The Kier molecular flexibility index (Phi) is 5.29. The monoisotopic (exact) mass is 222 g/mol. The van der Waals surface area contributed by atoms with Crippen LogP contribution in [0.15, 0.2) is 24.3 Å².